The predicted molar refractivity (Wildman–Crippen MR) is 39.0 cm³/mol. The molecule has 0 saturated heterocycles. The Balaban J connectivity index is 1.98. The maximum atomic E-state index is 9.82. The Labute approximate surface area is 59.9 Å². The SMILES string of the molecule is O=CNCCN1CC=NC1. The number of carbonyl (C=O) groups is 1. The van der Waals surface area contributed by atoms with Gasteiger partial charge in [-0.2, -0.15) is 0 Å². The minimum absolute atomic E-state index is 0.715. The zero-order chi connectivity index (χ0) is 7.23. The molecule has 0 aliphatic carbocycles. The van der Waals surface area contributed by atoms with E-state index in [1.54, 1.807) is 0 Å². The minimum Gasteiger partial charge on any atom is -0.357 e. The molecule has 0 radical (unpaired) electrons. The van der Waals surface area contributed by atoms with Crippen molar-refractivity contribution in [3.05, 3.63) is 0 Å². The first-order valence-electron chi connectivity index (χ1n) is 3.31. The molecule has 0 saturated carbocycles. The van der Waals surface area contributed by atoms with E-state index in [0.29, 0.717) is 6.54 Å². The van der Waals surface area contributed by atoms with Crippen LogP contribution in [0.5, 0.6) is 0 Å². The fourth-order valence-corrected chi connectivity index (χ4v) is 0.848. The van der Waals surface area contributed by atoms with Gasteiger partial charge >= 0.3 is 0 Å². The molecule has 1 rings (SSSR count). The number of rotatable bonds is 4. The lowest BCUT2D eigenvalue weighted by molar-refractivity contribution is -0.109. The minimum atomic E-state index is 0.715. The van der Waals surface area contributed by atoms with Crippen LogP contribution in [0, 0.1) is 0 Å². The van der Waals surface area contributed by atoms with Crippen LogP contribution in [0.25, 0.3) is 0 Å². The number of hydrogen-bond acceptors (Lipinski definition) is 3. The molecule has 1 heterocycles. The molecule has 0 unspecified atom stereocenters. The van der Waals surface area contributed by atoms with E-state index in [0.717, 1.165) is 26.2 Å². The van der Waals surface area contributed by atoms with E-state index >= 15 is 0 Å². The van der Waals surface area contributed by atoms with E-state index in [2.05, 4.69) is 15.2 Å². The Morgan fingerprint density at radius 1 is 1.80 bits per heavy atom. The number of amides is 1. The summed E-state index contributed by atoms with van der Waals surface area (Å²) in [5, 5.41) is 2.60. The quantitative estimate of drug-likeness (QED) is 0.406. The van der Waals surface area contributed by atoms with Crippen molar-refractivity contribution in [2.75, 3.05) is 26.3 Å². The number of carbonyl (C=O) groups excluding carboxylic acids is 1. The molecule has 0 spiro atoms. The van der Waals surface area contributed by atoms with E-state index < -0.39 is 0 Å². The number of aliphatic imine (C=N–C) groups is 1. The highest BCUT2D eigenvalue weighted by Crippen LogP contribution is 1.91. The third kappa shape index (κ3) is 2.14. The van der Waals surface area contributed by atoms with Crippen molar-refractivity contribution < 1.29 is 4.79 Å². The van der Waals surface area contributed by atoms with Gasteiger partial charge in [0, 0.05) is 25.8 Å². The monoisotopic (exact) mass is 141 g/mol. The van der Waals surface area contributed by atoms with Crippen molar-refractivity contribution in [3.63, 3.8) is 0 Å². The number of nitrogens with one attached hydrogen (secondary N) is 1. The molecule has 4 heteroatoms. The second-order valence-corrected chi connectivity index (χ2v) is 2.16. The van der Waals surface area contributed by atoms with Gasteiger partial charge in [-0.15, -0.1) is 0 Å². The Morgan fingerprint density at radius 3 is 3.30 bits per heavy atom. The summed E-state index contributed by atoms with van der Waals surface area (Å²) in [6, 6.07) is 0. The van der Waals surface area contributed by atoms with Crippen molar-refractivity contribution in [1.82, 2.24) is 10.2 Å². The summed E-state index contributed by atoms with van der Waals surface area (Å²) in [6.45, 7) is 3.30. The second-order valence-electron chi connectivity index (χ2n) is 2.16. The maximum absolute atomic E-state index is 9.82. The van der Waals surface area contributed by atoms with Crippen LogP contribution < -0.4 is 5.32 Å². The van der Waals surface area contributed by atoms with Crippen molar-refractivity contribution in [3.8, 4) is 0 Å². The van der Waals surface area contributed by atoms with Gasteiger partial charge in [0.05, 0.1) is 6.67 Å². The largest absolute Gasteiger partial charge is 0.357 e. The average Bonchev–Trinajstić information content (AvgIpc) is 2.41. The molecule has 1 N–H and O–H groups in total. The van der Waals surface area contributed by atoms with Crippen LogP contribution in [-0.4, -0.2) is 43.8 Å². The third-order valence-electron chi connectivity index (χ3n) is 1.41. The Morgan fingerprint density at radius 2 is 2.70 bits per heavy atom. The van der Waals surface area contributed by atoms with E-state index in [1.807, 2.05) is 6.21 Å². The highest BCUT2D eigenvalue weighted by molar-refractivity contribution is 5.61. The van der Waals surface area contributed by atoms with Gasteiger partial charge in [-0.05, 0) is 0 Å². The first kappa shape index (κ1) is 7.21. The van der Waals surface area contributed by atoms with Gasteiger partial charge in [0.1, 0.15) is 0 Å². The van der Waals surface area contributed by atoms with Crippen molar-refractivity contribution in [2.24, 2.45) is 4.99 Å². The van der Waals surface area contributed by atoms with Crippen molar-refractivity contribution in [1.29, 1.82) is 0 Å². The van der Waals surface area contributed by atoms with Gasteiger partial charge in [0.2, 0.25) is 6.41 Å². The van der Waals surface area contributed by atoms with Crippen molar-refractivity contribution in [2.45, 2.75) is 0 Å². The molecule has 0 fully saturated rings. The third-order valence-corrected chi connectivity index (χ3v) is 1.41. The van der Waals surface area contributed by atoms with Crippen LogP contribution in [0.1, 0.15) is 0 Å². The standard InChI is InChI=1S/C6H11N3O/c10-6-8-2-4-9-3-1-7-5-9/h1,6H,2-5H2,(H,8,10). The molecule has 0 aromatic rings. The van der Waals surface area contributed by atoms with Gasteiger partial charge in [-0.1, -0.05) is 0 Å². The van der Waals surface area contributed by atoms with Crippen LogP contribution in [0.4, 0.5) is 0 Å². The zero-order valence-corrected chi connectivity index (χ0v) is 5.79. The number of nitrogens with zero attached hydrogens (tertiary/aromatic N) is 2. The topological polar surface area (TPSA) is 44.7 Å². The zero-order valence-electron chi connectivity index (χ0n) is 5.79. The van der Waals surface area contributed by atoms with Gasteiger partial charge in [0.15, 0.2) is 0 Å². The first-order valence-corrected chi connectivity index (χ1v) is 3.31. The lowest BCUT2D eigenvalue weighted by atomic mass is 10.5. The van der Waals surface area contributed by atoms with E-state index in [-0.39, 0.29) is 0 Å². The van der Waals surface area contributed by atoms with Crippen molar-refractivity contribution >= 4 is 12.6 Å². The van der Waals surface area contributed by atoms with Gasteiger partial charge in [0.25, 0.3) is 0 Å². The normalized spacial score (nSPS) is 17.6. The molecular weight excluding hydrogens is 130 g/mol. The molecule has 4 nitrogen and oxygen atoms in total. The molecule has 0 bridgehead atoms. The summed E-state index contributed by atoms with van der Waals surface area (Å²) in [5.74, 6) is 0. The Bertz CT molecular complexity index is 127. The van der Waals surface area contributed by atoms with Crippen LogP contribution in [0.15, 0.2) is 4.99 Å². The van der Waals surface area contributed by atoms with Gasteiger partial charge < -0.3 is 5.32 Å². The number of hydrogen-bond donors (Lipinski definition) is 1. The molecule has 10 heavy (non-hydrogen) atoms. The van der Waals surface area contributed by atoms with Crippen LogP contribution in [-0.2, 0) is 4.79 Å². The van der Waals surface area contributed by atoms with Crippen LogP contribution in [0.2, 0.25) is 0 Å². The Hall–Kier alpha value is -0.900. The maximum Gasteiger partial charge on any atom is 0.207 e. The Kier molecular flexibility index (Phi) is 2.89. The van der Waals surface area contributed by atoms with E-state index in [9.17, 15) is 4.79 Å². The smallest absolute Gasteiger partial charge is 0.207 e. The van der Waals surface area contributed by atoms with Crippen LogP contribution >= 0.6 is 0 Å². The van der Waals surface area contributed by atoms with Gasteiger partial charge in [-0.3, -0.25) is 14.7 Å². The summed E-state index contributed by atoms with van der Waals surface area (Å²) in [5.41, 5.74) is 0. The fourth-order valence-electron chi connectivity index (χ4n) is 0.848. The predicted octanol–water partition coefficient (Wildman–Crippen LogP) is -0.924. The molecule has 0 aromatic heterocycles. The molecule has 0 atom stereocenters. The summed E-state index contributed by atoms with van der Waals surface area (Å²) in [7, 11) is 0. The highest BCUT2D eigenvalue weighted by atomic mass is 16.1. The fraction of sp³-hybridized carbons (Fsp3) is 0.667. The average molecular weight is 141 g/mol. The highest BCUT2D eigenvalue weighted by Gasteiger charge is 2.04. The van der Waals surface area contributed by atoms with E-state index in [4.69, 9.17) is 0 Å². The molecular formula is C6H11N3O. The summed E-state index contributed by atoms with van der Waals surface area (Å²) in [4.78, 5) is 16.0. The lowest BCUT2D eigenvalue weighted by Crippen LogP contribution is -2.30. The summed E-state index contributed by atoms with van der Waals surface area (Å²) < 4.78 is 0. The van der Waals surface area contributed by atoms with Crippen LogP contribution in [0.3, 0.4) is 0 Å². The molecule has 1 aliphatic heterocycles. The molecule has 1 aliphatic rings. The first-order chi connectivity index (χ1) is 4.93. The summed E-state index contributed by atoms with van der Waals surface area (Å²) in [6.07, 6.45) is 2.61. The molecule has 56 valence electrons. The van der Waals surface area contributed by atoms with Gasteiger partial charge in [-0.25, -0.2) is 0 Å². The van der Waals surface area contributed by atoms with E-state index in [1.165, 1.54) is 0 Å². The molecule has 0 aromatic carbocycles. The molecule has 1 amide bonds. The second kappa shape index (κ2) is 4.00. The summed E-state index contributed by atoms with van der Waals surface area (Å²) >= 11 is 0. The lowest BCUT2D eigenvalue weighted by Gasteiger charge is -2.11.